The van der Waals surface area contributed by atoms with Crippen LogP contribution in [0.2, 0.25) is 0 Å². The van der Waals surface area contributed by atoms with Crippen molar-refractivity contribution in [2.45, 2.75) is 57.5 Å². The predicted molar refractivity (Wildman–Crippen MR) is 68.4 cm³/mol. The van der Waals surface area contributed by atoms with E-state index in [-0.39, 0.29) is 17.3 Å². The molecule has 0 aromatic carbocycles. The topological polar surface area (TPSA) is 87.0 Å². The number of esters is 1. The molecule has 4 fully saturated rings. The van der Waals surface area contributed by atoms with Gasteiger partial charge in [-0.2, -0.15) is 0 Å². The number of hydrogen-bond donors (Lipinski definition) is 3. The van der Waals surface area contributed by atoms with E-state index in [4.69, 9.17) is 4.74 Å². The number of rotatable bonds is 0. The third-order valence-electron chi connectivity index (χ3n) is 7.35. The van der Waals surface area contributed by atoms with Crippen LogP contribution in [-0.2, 0) is 9.53 Å². The van der Waals surface area contributed by atoms with Crippen molar-refractivity contribution in [3.05, 3.63) is 0 Å². The van der Waals surface area contributed by atoms with Gasteiger partial charge in [0, 0.05) is 17.3 Å². The number of carbonyl (C=O) groups excluding carboxylic acids is 1. The number of carbonyl (C=O) groups is 1. The summed E-state index contributed by atoms with van der Waals surface area (Å²) in [7, 11) is 0. The second kappa shape index (κ2) is 2.94. The number of fused-ring (bicyclic) bond motifs is 2. The summed E-state index contributed by atoms with van der Waals surface area (Å²) in [5.74, 6) is -1.30. The Morgan fingerprint density at radius 2 is 1.85 bits per heavy atom. The standard InChI is InChI=1S/C15H22O5/c1-6-9(16)15(19)11(17)20-10-8-7(5-12(8,2)3)13(15,4)14(6,10)18/h6-10,16,18-19H,5H2,1-4H3. The third kappa shape index (κ3) is 0.839. The first-order chi connectivity index (χ1) is 9.04. The molecule has 8 unspecified atom stereocenters. The van der Waals surface area contributed by atoms with Crippen molar-refractivity contribution in [1.29, 1.82) is 0 Å². The van der Waals surface area contributed by atoms with Crippen LogP contribution in [0.4, 0.5) is 0 Å². The Balaban J connectivity index is 2.00. The molecule has 3 saturated carbocycles. The van der Waals surface area contributed by atoms with Crippen LogP contribution in [-0.4, -0.2) is 44.7 Å². The maximum absolute atomic E-state index is 12.3. The lowest BCUT2D eigenvalue weighted by Gasteiger charge is -2.54. The fourth-order valence-corrected chi connectivity index (χ4v) is 6.19. The molecule has 5 heteroatoms. The van der Waals surface area contributed by atoms with Crippen LogP contribution in [0.5, 0.6) is 0 Å². The van der Waals surface area contributed by atoms with Gasteiger partial charge in [0.05, 0.1) is 6.10 Å². The minimum Gasteiger partial charge on any atom is -0.457 e. The molecular formula is C15H22O5. The van der Waals surface area contributed by atoms with E-state index >= 15 is 0 Å². The Bertz CT molecular complexity index is 530. The number of aliphatic hydroxyl groups is 3. The summed E-state index contributed by atoms with van der Waals surface area (Å²) >= 11 is 0. The van der Waals surface area contributed by atoms with E-state index in [1.165, 1.54) is 0 Å². The summed E-state index contributed by atoms with van der Waals surface area (Å²) in [6.45, 7) is 7.67. The van der Waals surface area contributed by atoms with Crippen LogP contribution >= 0.6 is 0 Å². The van der Waals surface area contributed by atoms with Gasteiger partial charge in [0.2, 0.25) is 0 Å². The first-order valence-corrected chi connectivity index (χ1v) is 7.38. The lowest BCUT2D eigenvalue weighted by molar-refractivity contribution is -0.241. The molecule has 1 saturated heterocycles. The molecular weight excluding hydrogens is 260 g/mol. The van der Waals surface area contributed by atoms with E-state index in [2.05, 4.69) is 13.8 Å². The van der Waals surface area contributed by atoms with Crippen molar-refractivity contribution >= 4 is 5.97 Å². The van der Waals surface area contributed by atoms with Gasteiger partial charge in [0.25, 0.3) is 0 Å². The Morgan fingerprint density at radius 3 is 2.40 bits per heavy atom. The summed E-state index contributed by atoms with van der Waals surface area (Å²) in [6, 6.07) is 0. The van der Waals surface area contributed by atoms with E-state index in [0.717, 1.165) is 6.42 Å². The van der Waals surface area contributed by atoms with E-state index in [1.807, 2.05) is 0 Å². The van der Waals surface area contributed by atoms with E-state index in [0.29, 0.717) is 0 Å². The molecule has 8 atom stereocenters. The zero-order valence-corrected chi connectivity index (χ0v) is 12.3. The highest BCUT2D eigenvalue weighted by Crippen LogP contribution is 2.79. The summed E-state index contributed by atoms with van der Waals surface area (Å²) < 4.78 is 5.45. The van der Waals surface area contributed by atoms with Gasteiger partial charge >= 0.3 is 5.97 Å². The van der Waals surface area contributed by atoms with Gasteiger partial charge in [-0.15, -0.1) is 0 Å². The van der Waals surface area contributed by atoms with Gasteiger partial charge in [0.15, 0.2) is 5.60 Å². The molecule has 0 spiro atoms. The Labute approximate surface area is 117 Å². The van der Waals surface area contributed by atoms with Gasteiger partial charge < -0.3 is 20.1 Å². The molecule has 0 radical (unpaired) electrons. The molecule has 0 aromatic heterocycles. The average Bonchev–Trinajstić information content (AvgIpc) is 2.53. The van der Waals surface area contributed by atoms with Crippen LogP contribution in [0.3, 0.4) is 0 Å². The molecule has 0 aromatic rings. The van der Waals surface area contributed by atoms with Crippen molar-refractivity contribution in [3.63, 3.8) is 0 Å². The minimum absolute atomic E-state index is 0.00329. The summed E-state index contributed by atoms with van der Waals surface area (Å²) in [5.41, 5.74) is -4.39. The minimum atomic E-state index is -1.99. The molecule has 1 heterocycles. The normalized spacial score (nSPS) is 65.5. The molecule has 0 amide bonds. The van der Waals surface area contributed by atoms with Crippen molar-refractivity contribution in [1.82, 2.24) is 0 Å². The van der Waals surface area contributed by atoms with Crippen molar-refractivity contribution in [2.75, 3.05) is 0 Å². The van der Waals surface area contributed by atoms with Crippen LogP contribution in [0.15, 0.2) is 0 Å². The zero-order chi connectivity index (χ0) is 14.9. The fourth-order valence-electron chi connectivity index (χ4n) is 6.19. The van der Waals surface area contributed by atoms with E-state index in [1.54, 1.807) is 13.8 Å². The Kier molecular flexibility index (Phi) is 1.92. The largest absolute Gasteiger partial charge is 0.457 e. The van der Waals surface area contributed by atoms with E-state index < -0.39 is 40.7 Å². The lowest BCUT2D eigenvalue weighted by atomic mass is 9.50. The van der Waals surface area contributed by atoms with E-state index in [9.17, 15) is 20.1 Å². The van der Waals surface area contributed by atoms with Gasteiger partial charge in [0.1, 0.15) is 11.7 Å². The SMILES string of the molecule is CC1C(O)C2(O)C(=O)OC3C4C(CC4(C)C)C2(C)C13O. The van der Waals surface area contributed by atoms with Gasteiger partial charge in [-0.3, -0.25) is 0 Å². The molecule has 112 valence electrons. The smallest absolute Gasteiger partial charge is 0.342 e. The maximum Gasteiger partial charge on any atom is 0.342 e. The summed E-state index contributed by atoms with van der Waals surface area (Å²) in [6.07, 6.45) is -1.08. The quantitative estimate of drug-likeness (QED) is 0.547. The fraction of sp³-hybridized carbons (Fsp3) is 0.933. The highest BCUT2D eigenvalue weighted by atomic mass is 16.6. The molecule has 20 heavy (non-hydrogen) atoms. The van der Waals surface area contributed by atoms with Crippen molar-refractivity contribution in [2.24, 2.45) is 28.6 Å². The predicted octanol–water partition coefficient (Wildman–Crippen LogP) is 0.0668. The van der Waals surface area contributed by atoms with Gasteiger partial charge in [-0.05, 0) is 17.8 Å². The Hall–Kier alpha value is -0.650. The molecule has 3 N–H and O–H groups in total. The highest BCUT2D eigenvalue weighted by molar-refractivity contribution is 5.85. The molecule has 4 bridgehead atoms. The summed E-state index contributed by atoms with van der Waals surface area (Å²) in [5, 5.41) is 32.7. The van der Waals surface area contributed by atoms with Crippen molar-refractivity contribution in [3.8, 4) is 0 Å². The second-order valence-electron chi connectivity index (χ2n) is 8.18. The average molecular weight is 282 g/mol. The molecule has 4 aliphatic rings. The number of ether oxygens (including phenoxy) is 1. The second-order valence-corrected chi connectivity index (χ2v) is 8.18. The van der Waals surface area contributed by atoms with Crippen LogP contribution in [0.1, 0.15) is 34.1 Å². The van der Waals surface area contributed by atoms with Crippen LogP contribution < -0.4 is 0 Å². The number of aliphatic hydroxyl groups excluding tert-OH is 1. The van der Waals surface area contributed by atoms with Crippen molar-refractivity contribution < 1.29 is 24.9 Å². The summed E-state index contributed by atoms with van der Waals surface area (Å²) in [4.78, 5) is 12.3. The highest BCUT2D eigenvalue weighted by Gasteiger charge is 2.91. The monoisotopic (exact) mass is 282 g/mol. The first-order valence-electron chi connectivity index (χ1n) is 7.38. The lowest BCUT2D eigenvalue weighted by Crippen LogP contribution is -2.67. The Morgan fingerprint density at radius 1 is 1.25 bits per heavy atom. The molecule has 5 nitrogen and oxygen atoms in total. The first kappa shape index (κ1) is 13.0. The molecule has 1 aliphatic heterocycles. The maximum atomic E-state index is 12.3. The van der Waals surface area contributed by atoms with Gasteiger partial charge in [-0.1, -0.05) is 27.7 Å². The van der Waals surface area contributed by atoms with Crippen LogP contribution in [0, 0.1) is 28.6 Å². The van der Waals surface area contributed by atoms with Gasteiger partial charge in [-0.25, -0.2) is 4.79 Å². The van der Waals surface area contributed by atoms with Crippen LogP contribution in [0.25, 0.3) is 0 Å². The number of hydrogen-bond acceptors (Lipinski definition) is 5. The zero-order valence-electron chi connectivity index (χ0n) is 12.3. The molecule has 4 rings (SSSR count). The molecule has 3 aliphatic carbocycles. The third-order valence-corrected chi connectivity index (χ3v) is 7.35.